The van der Waals surface area contributed by atoms with E-state index >= 15 is 0 Å². The fourth-order valence-corrected chi connectivity index (χ4v) is 3.12. The Morgan fingerprint density at radius 3 is 0.971 bits per heavy atom. The second-order valence-electron chi connectivity index (χ2n) is 8.45. The molecular formula is C28H42O7. The van der Waals surface area contributed by atoms with Crippen LogP contribution in [0.1, 0.15) is 79.1 Å². The molecule has 0 atom stereocenters. The summed E-state index contributed by atoms with van der Waals surface area (Å²) in [4.78, 5) is 0. The number of phenols is 2. The molecule has 0 saturated heterocycles. The number of hydrogen-bond acceptors (Lipinski definition) is 7. The van der Waals surface area contributed by atoms with Gasteiger partial charge in [0, 0.05) is 24.3 Å². The smallest absolute Gasteiger partial charge is 0.201 e. The van der Waals surface area contributed by atoms with Gasteiger partial charge in [-0.2, -0.15) is 0 Å². The molecule has 0 bridgehead atoms. The van der Waals surface area contributed by atoms with Crippen LogP contribution >= 0.6 is 0 Å². The molecule has 0 aliphatic rings. The summed E-state index contributed by atoms with van der Waals surface area (Å²) in [6.45, 7) is 10.2. The maximum Gasteiger partial charge on any atom is 0.201 e. The summed E-state index contributed by atoms with van der Waals surface area (Å²) in [5.41, 5.74) is 0. The van der Waals surface area contributed by atoms with E-state index in [2.05, 4.69) is 27.7 Å². The highest BCUT2D eigenvalue weighted by atomic mass is 16.5. The maximum atomic E-state index is 10.7. The summed E-state index contributed by atoms with van der Waals surface area (Å²) in [5.74, 6) is 2.01. The molecule has 0 fully saturated rings. The van der Waals surface area contributed by atoms with Crippen molar-refractivity contribution in [1.82, 2.24) is 0 Å². The summed E-state index contributed by atoms with van der Waals surface area (Å²) in [6.07, 6.45) is 7.38. The number of hydrogen-bond donors (Lipinski definition) is 2. The van der Waals surface area contributed by atoms with Crippen LogP contribution in [0.2, 0.25) is 0 Å². The molecule has 0 unspecified atom stereocenters. The minimum absolute atomic E-state index is 0.0394. The van der Waals surface area contributed by atoms with Gasteiger partial charge in [0.15, 0.2) is 23.0 Å². The van der Waals surface area contributed by atoms with E-state index in [-0.39, 0.29) is 11.5 Å². The largest absolute Gasteiger partial charge is 0.502 e. The Bertz CT molecular complexity index is 748. The predicted molar refractivity (Wildman–Crippen MR) is 138 cm³/mol. The van der Waals surface area contributed by atoms with E-state index < -0.39 is 0 Å². The van der Waals surface area contributed by atoms with Crippen molar-refractivity contribution in [1.29, 1.82) is 0 Å². The van der Waals surface area contributed by atoms with E-state index in [1.807, 2.05) is 0 Å². The number of rotatable bonds is 18. The lowest BCUT2D eigenvalue weighted by molar-refractivity contribution is 0.263. The third kappa shape index (κ3) is 9.30. The average Bonchev–Trinajstić information content (AvgIpc) is 2.84. The number of unbranched alkanes of at least 4 members (excludes halogenated alkanes) is 4. The fraction of sp³-hybridized carbons (Fsp3) is 0.571. The second-order valence-corrected chi connectivity index (χ2v) is 8.45. The highest BCUT2D eigenvalue weighted by molar-refractivity contribution is 5.58. The summed E-state index contributed by atoms with van der Waals surface area (Å²) in [5, 5.41) is 21.3. The van der Waals surface area contributed by atoms with Gasteiger partial charge in [-0.1, -0.05) is 53.4 Å². The van der Waals surface area contributed by atoms with Crippen molar-refractivity contribution < 1.29 is 33.9 Å². The van der Waals surface area contributed by atoms with Gasteiger partial charge < -0.3 is 33.9 Å². The summed E-state index contributed by atoms with van der Waals surface area (Å²) >= 11 is 0. The van der Waals surface area contributed by atoms with Crippen LogP contribution in [0.25, 0.3) is 0 Å². The molecule has 35 heavy (non-hydrogen) atoms. The van der Waals surface area contributed by atoms with Gasteiger partial charge in [-0.3, -0.25) is 0 Å². The molecule has 0 aromatic heterocycles. The molecule has 196 valence electrons. The van der Waals surface area contributed by atoms with Gasteiger partial charge in [0.05, 0.1) is 26.4 Å². The van der Waals surface area contributed by atoms with Crippen LogP contribution in [0.4, 0.5) is 0 Å². The first-order valence-corrected chi connectivity index (χ1v) is 13.0. The Morgan fingerprint density at radius 2 is 0.743 bits per heavy atom. The first-order valence-electron chi connectivity index (χ1n) is 13.0. The molecule has 2 rings (SSSR count). The molecule has 2 aromatic carbocycles. The monoisotopic (exact) mass is 490 g/mol. The molecule has 0 aliphatic carbocycles. The zero-order valence-electron chi connectivity index (χ0n) is 21.7. The minimum Gasteiger partial charge on any atom is -0.502 e. The number of phenolic OH excluding ortho intramolecular Hbond substituents is 2. The van der Waals surface area contributed by atoms with E-state index in [1.54, 1.807) is 24.3 Å². The zero-order valence-corrected chi connectivity index (χ0v) is 21.7. The molecule has 2 aromatic rings. The van der Waals surface area contributed by atoms with Crippen molar-refractivity contribution in [2.45, 2.75) is 79.1 Å². The number of benzene rings is 2. The Hall–Kier alpha value is -2.96. The molecule has 7 heteroatoms. The highest BCUT2D eigenvalue weighted by Crippen LogP contribution is 2.45. The SMILES string of the molecule is CCCCOc1cc(Oc2cc(OCCCC)c(O)c(OCCCC)c2)cc(OCCCC)c1O. The molecular weight excluding hydrogens is 448 g/mol. The van der Waals surface area contributed by atoms with Crippen molar-refractivity contribution in [3.05, 3.63) is 24.3 Å². The van der Waals surface area contributed by atoms with Crippen LogP contribution in [0.5, 0.6) is 46.0 Å². The first-order chi connectivity index (χ1) is 17.0. The summed E-state index contributed by atoms with van der Waals surface area (Å²) in [6, 6.07) is 6.55. The standard InChI is InChI=1S/C28H42O7/c1-5-9-13-31-23-17-21(18-24(27(23)29)32-14-10-6-2)35-22-19-25(33-15-11-7-3)28(30)26(20-22)34-16-12-8-4/h17-20,29-30H,5-16H2,1-4H3. The van der Waals surface area contributed by atoms with Gasteiger partial charge in [-0.15, -0.1) is 0 Å². The van der Waals surface area contributed by atoms with Gasteiger partial charge in [-0.05, 0) is 25.7 Å². The Balaban J connectivity index is 2.36. The molecule has 0 spiro atoms. The van der Waals surface area contributed by atoms with Crippen LogP contribution in [-0.2, 0) is 0 Å². The topological polar surface area (TPSA) is 86.6 Å². The average molecular weight is 491 g/mol. The van der Waals surface area contributed by atoms with Crippen molar-refractivity contribution in [2.75, 3.05) is 26.4 Å². The van der Waals surface area contributed by atoms with Crippen molar-refractivity contribution in [2.24, 2.45) is 0 Å². The lowest BCUT2D eigenvalue weighted by Gasteiger charge is -2.17. The van der Waals surface area contributed by atoms with Crippen LogP contribution in [0, 0.1) is 0 Å². The first kappa shape index (κ1) is 28.3. The maximum absolute atomic E-state index is 10.7. The fourth-order valence-electron chi connectivity index (χ4n) is 3.12. The van der Waals surface area contributed by atoms with Crippen LogP contribution in [0.3, 0.4) is 0 Å². The molecule has 2 N–H and O–H groups in total. The van der Waals surface area contributed by atoms with Gasteiger partial charge in [-0.25, -0.2) is 0 Å². The second kappa shape index (κ2) is 15.8. The number of aromatic hydroxyl groups is 2. The normalized spacial score (nSPS) is 10.7. The number of ether oxygens (including phenoxy) is 5. The van der Waals surface area contributed by atoms with E-state index in [0.29, 0.717) is 60.9 Å². The van der Waals surface area contributed by atoms with Crippen molar-refractivity contribution in [3.63, 3.8) is 0 Å². The van der Waals surface area contributed by atoms with Crippen LogP contribution in [-0.4, -0.2) is 36.6 Å². The van der Waals surface area contributed by atoms with E-state index in [1.165, 1.54) is 0 Å². The summed E-state index contributed by atoms with van der Waals surface area (Å²) < 4.78 is 29.3. The molecule has 0 radical (unpaired) electrons. The zero-order chi connectivity index (χ0) is 25.5. The Morgan fingerprint density at radius 1 is 0.486 bits per heavy atom. The van der Waals surface area contributed by atoms with E-state index in [4.69, 9.17) is 23.7 Å². The van der Waals surface area contributed by atoms with Crippen LogP contribution < -0.4 is 23.7 Å². The lowest BCUT2D eigenvalue weighted by Crippen LogP contribution is -2.02. The minimum atomic E-state index is -0.0394. The molecule has 7 nitrogen and oxygen atoms in total. The predicted octanol–water partition coefficient (Wildman–Crippen LogP) is 7.61. The molecule has 0 heterocycles. The van der Waals surface area contributed by atoms with Gasteiger partial charge in [0.1, 0.15) is 11.5 Å². The van der Waals surface area contributed by atoms with Gasteiger partial charge in [0.2, 0.25) is 11.5 Å². The van der Waals surface area contributed by atoms with Gasteiger partial charge >= 0.3 is 0 Å². The Labute approximate surface area is 209 Å². The van der Waals surface area contributed by atoms with Gasteiger partial charge in [0.25, 0.3) is 0 Å². The molecule has 0 amide bonds. The van der Waals surface area contributed by atoms with Crippen molar-refractivity contribution in [3.8, 4) is 46.0 Å². The highest BCUT2D eigenvalue weighted by Gasteiger charge is 2.17. The lowest BCUT2D eigenvalue weighted by atomic mass is 10.2. The molecule has 0 saturated carbocycles. The van der Waals surface area contributed by atoms with Crippen molar-refractivity contribution >= 4 is 0 Å². The summed E-state index contributed by atoms with van der Waals surface area (Å²) in [7, 11) is 0. The van der Waals surface area contributed by atoms with Crippen LogP contribution in [0.15, 0.2) is 24.3 Å². The van der Waals surface area contributed by atoms with E-state index in [9.17, 15) is 10.2 Å². The quantitative estimate of drug-likeness (QED) is 0.208. The third-order valence-corrected chi connectivity index (χ3v) is 5.28. The Kier molecular flexibility index (Phi) is 12.8. The third-order valence-electron chi connectivity index (χ3n) is 5.28. The van der Waals surface area contributed by atoms with E-state index in [0.717, 1.165) is 51.4 Å². The molecule has 0 aliphatic heterocycles.